The van der Waals surface area contributed by atoms with Gasteiger partial charge >= 0.3 is 0 Å². The zero-order chi connectivity index (χ0) is 24.4. The second kappa shape index (κ2) is 9.29. The van der Waals surface area contributed by atoms with Crippen LogP contribution in [-0.2, 0) is 10.2 Å². The smallest absolute Gasteiger partial charge is 0.243 e. The quantitative estimate of drug-likeness (QED) is 0.477. The van der Waals surface area contributed by atoms with Crippen molar-refractivity contribution in [1.29, 1.82) is 10.7 Å². The fourth-order valence-corrected chi connectivity index (χ4v) is 5.40. The lowest BCUT2D eigenvalue weighted by molar-refractivity contribution is -0.132. The minimum atomic E-state index is -0.0164. The van der Waals surface area contributed by atoms with E-state index in [0.717, 1.165) is 43.1 Å². The Morgan fingerprint density at radius 2 is 2.17 bits per heavy atom. The first-order chi connectivity index (χ1) is 17.1. The van der Waals surface area contributed by atoms with Crippen LogP contribution in [-0.4, -0.2) is 77.0 Å². The summed E-state index contributed by atoms with van der Waals surface area (Å²) in [5.41, 5.74) is 4.43. The molecule has 180 valence electrons. The second-order valence-corrected chi connectivity index (χ2v) is 9.29. The van der Waals surface area contributed by atoms with Crippen LogP contribution in [0.5, 0.6) is 0 Å². The van der Waals surface area contributed by atoms with E-state index in [9.17, 15) is 10.1 Å². The molecular weight excluding hydrogens is 444 g/mol. The van der Waals surface area contributed by atoms with Crippen molar-refractivity contribution in [1.82, 2.24) is 25.3 Å². The fourth-order valence-electron chi connectivity index (χ4n) is 5.40. The topological polar surface area (TPSA) is 137 Å². The second-order valence-electron chi connectivity index (χ2n) is 9.29. The summed E-state index contributed by atoms with van der Waals surface area (Å²) in [4.78, 5) is 32.9. The number of piperazine rings is 1. The Bertz CT molecular complexity index is 1200. The van der Waals surface area contributed by atoms with Gasteiger partial charge in [-0.25, -0.2) is 15.0 Å². The number of anilines is 3. The Kier molecular flexibility index (Phi) is 6.03. The Balaban J connectivity index is 1.39. The highest BCUT2D eigenvalue weighted by molar-refractivity contribution is 6.14. The third kappa shape index (κ3) is 4.05. The van der Waals surface area contributed by atoms with Gasteiger partial charge in [-0.15, -0.1) is 0 Å². The van der Waals surface area contributed by atoms with Gasteiger partial charge in [-0.3, -0.25) is 4.79 Å². The van der Waals surface area contributed by atoms with Crippen LogP contribution in [0.15, 0.2) is 29.8 Å². The molecule has 11 nitrogen and oxygen atoms in total. The molecule has 0 radical (unpaired) electrons. The van der Waals surface area contributed by atoms with Gasteiger partial charge in [0.25, 0.3) is 0 Å². The first-order valence-corrected chi connectivity index (χ1v) is 11.8. The van der Waals surface area contributed by atoms with Gasteiger partial charge in [0, 0.05) is 55.6 Å². The highest BCUT2D eigenvalue weighted by Crippen LogP contribution is 2.56. The molecule has 1 atom stereocenters. The molecule has 5 rings (SSSR count). The van der Waals surface area contributed by atoms with Crippen molar-refractivity contribution < 1.29 is 4.79 Å². The molecule has 1 saturated carbocycles. The lowest BCUT2D eigenvalue weighted by Crippen LogP contribution is -2.56. The van der Waals surface area contributed by atoms with Gasteiger partial charge in [-0.2, -0.15) is 10.4 Å². The number of rotatable bonds is 6. The van der Waals surface area contributed by atoms with E-state index in [4.69, 9.17) is 10.4 Å². The van der Waals surface area contributed by atoms with Crippen molar-refractivity contribution in [2.24, 2.45) is 5.10 Å². The highest BCUT2D eigenvalue weighted by atomic mass is 16.2. The van der Waals surface area contributed by atoms with E-state index in [-0.39, 0.29) is 23.9 Å². The van der Waals surface area contributed by atoms with Gasteiger partial charge in [0.2, 0.25) is 5.91 Å². The lowest BCUT2D eigenvalue weighted by atomic mass is 9.66. The van der Waals surface area contributed by atoms with Crippen molar-refractivity contribution in [2.45, 2.75) is 37.6 Å². The normalized spacial score (nSPS) is 20.5. The molecule has 2 fully saturated rings. The summed E-state index contributed by atoms with van der Waals surface area (Å²) in [5, 5.41) is 20.1. The van der Waals surface area contributed by atoms with E-state index in [1.807, 2.05) is 11.0 Å². The standard InChI is InChI=1S/C24H28N10O/c1-17-14-32(9-10-33(17)20(35)13-31-30-8-6-25)22-21-23(29-16-28-22)34(15-24(21)4-2-5-24)19-11-18(12-26)3-7-27-19/h3,6-8,11,16-17,25,31H,2,4-5,9-10,13-15H2,1H3/b25-6?,30-8-. The molecule has 0 aromatic carbocycles. The first kappa shape index (κ1) is 22.7. The van der Waals surface area contributed by atoms with Gasteiger partial charge < -0.3 is 25.5 Å². The molecule has 3 aliphatic rings. The average Bonchev–Trinajstić information content (AvgIpc) is 3.23. The summed E-state index contributed by atoms with van der Waals surface area (Å²) < 4.78 is 0. The molecule has 2 aromatic rings. The predicted octanol–water partition coefficient (Wildman–Crippen LogP) is 1.58. The van der Waals surface area contributed by atoms with Gasteiger partial charge in [-0.05, 0) is 31.9 Å². The minimum absolute atomic E-state index is 0.0107. The Hall–Kier alpha value is -4.07. The molecule has 1 saturated heterocycles. The number of fused-ring (bicyclic) bond motifs is 2. The predicted molar refractivity (Wildman–Crippen MR) is 132 cm³/mol. The molecule has 2 aliphatic heterocycles. The third-order valence-electron chi connectivity index (χ3n) is 7.23. The van der Waals surface area contributed by atoms with Crippen molar-refractivity contribution in [3.8, 4) is 6.07 Å². The molecule has 2 aromatic heterocycles. The molecule has 11 heteroatoms. The van der Waals surface area contributed by atoms with E-state index in [1.165, 1.54) is 18.2 Å². The van der Waals surface area contributed by atoms with E-state index >= 15 is 0 Å². The number of carbonyl (C=O) groups is 1. The number of nitriles is 1. The van der Waals surface area contributed by atoms with E-state index < -0.39 is 0 Å². The van der Waals surface area contributed by atoms with Crippen LogP contribution in [0.3, 0.4) is 0 Å². The lowest BCUT2D eigenvalue weighted by Gasteiger charge is -2.43. The zero-order valence-electron chi connectivity index (χ0n) is 19.7. The summed E-state index contributed by atoms with van der Waals surface area (Å²) in [6.07, 6.45) is 8.96. The van der Waals surface area contributed by atoms with Gasteiger partial charge in [-0.1, -0.05) is 6.42 Å². The summed E-state index contributed by atoms with van der Waals surface area (Å²) in [6, 6.07) is 5.74. The highest BCUT2D eigenvalue weighted by Gasteiger charge is 2.51. The molecule has 2 N–H and O–H groups in total. The molecule has 4 heterocycles. The third-order valence-corrected chi connectivity index (χ3v) is 7.23. The number of nitrogens with one attached hydrogen (secondary N) is 2. The van der Waals surface area contributed by atoms with Crippen LogP contribution >= 0.6 is 0 Å². The van der Waals surface area contributed by atoms with Crippen molar-refractivity contribution in [3.05, 3.63) is 35.8 Å². The van der Waals surface area contributed by atoms with E-state index in [2.05, 4.69) is 43.3 Å². The zero-order valence-corrected chi connectivity index (χ0v) is 19.7. The van der Waals surface area contributed by atoms with Crippen LogP contribution < -0.4 is 15.2 Å². The average molecular weight is 473 g/mol. The summed E-state index contributed by atoms with van der Waals surface area (Å²) in [6.45, 7) is 4.89. The molecule has 1 unspecified atom stereocenters. The minimum Gasteiger partial charge on any atom is -0.352 e. The molecular formula is C24H28N10O. The Morgan fingerprint density at radius 3 is 2.89 bits per heavy atom. The number of carbonyl (C=O) groups excluding carboxylic acids is 1. The maximum atomic E-state index is 12.7. The van der Waals surface area contributed by atoms with Crippen LogP contribution in [0, 0.1) is 16.7 Å². The Morgan fingerprint density at radius 1 is 1.34 bits per heavy atom. The van der Waals surface area contributed by atoms with Crippen molar-refractivity contribution >= 4 is 35.8 Å². The number of pyridine rings is 1. The number of hydrogen-bond donors (Lipinski definition) is 2. The Labute approximate surface area is 204 Å². The largest absolute Gasteiger partial charge is 0.352 e. The van der Waals surface area contributed by atoms with Crippen LogP contribution in [0.4, 0.5) is 17.5 Å². The first-order valence-electron chi connectivity index (χ1n) is 11.8. The monoisotopic (exact) mass is 472 g/mol. The van der Waals surface area contributed by atoms with Gasteiger partial charge in [0.05, 0.1) is 17.8 Å². The number of amides is 1. The van der Waals surface area contributed by atoms with Crippen LogP contribution in [0.25, 0.3) is 0 Å². The van der Waals surface area contributed by atoms with Gasteiger partial charge in [0.15, 0.2) is 0 Å². The van der Waals surface area contributed by atoms with Crippen LogP contribution in [0.2, 0.25) is 0 Å². The molecule has 35 heavy (non-hydrogen) atoms. The summed E-state index contributed by atoms with van der Waals surface area (Å²) in [5.74, 6) is 2.54. The van der Waals surface area contributed by atoms with Gasteiger partial charge in [0.1, 0.15) is 30.3 Å². The molecule has 1 spiro atoms. The number of hydrazone groups is 1. The van der Waals surface area contributed by atoms with E-state index in [1.54, 1.807) is 18.6 Å². The number of nitrogens with zero attached hydrogens (tertiary/aromatic N) is 8. The molecule has 0 bridgehead atoms. The van der Waals surface area contributed by atoms with Crippen molar-refractivity contribution in [2.75, 3.05) is 42.5 Å². The number of aromatic nitrogens is 3. The number of hydrogen-bond acceptors (Lipinski definition) is 10. The maximum absolute atomic E-state index is 12.7. The molecule has 1 aliphatic carbocycles. The SMILES string of the molecule is CC1CN(c2ncnc3c2C2(CCC2)CN3c2cc(C#N)ccn2)CCN1C(=O)CN/N=C\C=N. The van der Waals surface area contributed by atoms with E-state index in [0.29, 0.717) is 25.2 Å². The summed E-state index contributed by atoms with van der Waals surface area (Å²) in [7, 11) is 0. The maximum Gasteiger partial charge on any atom is 0.243 e. The van der Waals surface area contributed by atoms with Crippen LogP contribution in [0.1, 0.15) is 37.3 Å². The van der Waals surface area contributed by atoms with Crippen molar-refractivity contribution in [3.63, 3.8) is 0 Å². The summed E-state index contributed by atoms with van der Waals surface area (Å²) >= 11 is 0. The molecule has 1 amide bonds. The fraction of sp³-hybridized carbons (Fsp3) is 0.458.